The zero-order chi connectivity index (χ0) is 23.2. The molecule has 1 aliphatic carbocycles. The average molecular weight is 464 g/mol. The quantitative estimate of drug-likeness (QED) is 0.552. The summed E-state index contributed by atoms with van der Waals surface area (Å²) in [6.07, 6.45) is 8.38. The Labute approximate surface area is 196 Å². The van der Waals surface area contributed by atoms with Gasteiger partial charge in [0.15, 0.2) is 6.04 Å². The number of carbonyl (C=O) groups excluding carboxylic acids is 3. The van der Waals surface area contributed by atoms with E-state index in [1.54, 1.807) is 24.3 Å². The van der Waals surface area contributed by atoms with E-state index in [0.29, 0.717) is 11.4 Å². The Balaban J connectivity index is 1.75. The number of aromatic nitrogens is 2. The fourth-order valence-electron chi connectivity index (χ4n) is 4.00. The molecule has 0 bridgehead atoms. The van der Waals surface area contributed by atoms with E-state index in [1.165, 1.54) is 41.8 Å². The Morgan fingerprint density at radius 3 is 2.45 bits per heavy atom. The van der Waals surface area contributed by atoms with Crippen LogP contribution in [0, 0.1) is 0 Å². The Kier molecular flexibility index (Phi) is 7.09. The van der Waals surface area contributed by atoms with Gasteiger partial charge < -0.3 is 10.6 Å². The minimum atomic E-state index is -0.869. The normalized spacial score (nSPS) is 14.5. The number of benzene rings is 1. The molecule has 2 aromatic heterocycles. The van der Waals surface area contributed by atoms with Crippen molar-refractivity contribution in [2.45, 2.75) is 44.7 Å². The second-order valence-corrected chi connectivity index (χ2v) is 8.88. The van der Waals surface area contributed by atoms with Crippen LogP contribution >= 0.6 is 11.3 Å². The van der Waals surface area contributed by atoms with Crippen molar-refractivity contribution < 1.29 is 14.4 Å². The number of carbonyl (C=O) groups is 3. The highest BCUT2D eigenvalue weighted by Crippen LogP contribution is 2.33. The van der Waals surface area contributed by atoms with Gasteiger partial charge in [0.2, 0.25) is 11.8 Å². The van der Waals surface area contributed by atoms with Crippen molar-refractivity contribution in [2.24, 2.45) is 0 Å². The molecule has 1 aromatic carbocycles. The zero-order valence-corrected chi connectivity index (χ0v) is 19.0. The Morgan fingerprint density at radius 2 is 1.85 bits per heavy atom. The molecule has 1 fully saturated rings. The molecule has 170 valence electrons. The van der Waals surface area contributed by atoms with E-state index >= 15 is 0 Å². The maximum atomic E-state index is 13.7. The molecule has 0 radical (unpaired) electrons. The van der Waals surface area contributed by atoms with Crippen LogP contribution < -0.4 is 15.5 Å². The van der Waals surface area contributed by atoms with Crippen LogP contribution in [0.25, 0.3) is 0 Å². The number of hydrogen-bond donors (Lipinski definition) is 2. The van der Waals surface area contributed by atoms with Gasteiger partial charge in [0.25, 0.3) is 5.91 Å². The van der Waals surface area contributed by atoms with Crippen molar-refractivity contribution >= 4 is 40.4 Å². The maximum Gasteiger partial charge on any atom is 0.279 e. The van der Waals surface area contributed by atoms with Crippen molar-refractivity contribution in [1.29, 1.82) is 0 Å². The van der Waals surface area contributed by atoms with Gasteiger partial charge in [0, 0.05) is 41.6 Å². The molecule has 0 saturated heterocycles. The van der Waals surface area contributed by atoms with Gasteiger partial charge in [-0.2, -0.15) is 0 Å². The molecule has 0 unspecified atom stereocenters. The van der Waals surface area contributed by atoms with Gasteiger partial charge in [0.1, 0.15) is 5.69 Å². The van der Waals surface area contributed by atoms with Crippen LogP contribution in [-0.2, 0) is 9.59 Å². The van der Waals surface area contributed by atoms with Crippen LogP contribution in [0.4, 0.5) is 11.4 Å². The summed E-state index contributed by atoms with van der Waals surface area (Å²) in [6.45, 7) is 1.43. The molecule has 8 nitrogen and oxygen atoms in total. The van der Waals surface area contributed by atoms with Crippen molar-refractivity contribution in [3.8, 4) is 0 Å². The van der Waals surface area contributed by atoms with E-state index in [2.05, 4.69) is 20.6 Å². The van der Waals surface area contributed by atoms with Crippen LogP contribution in [0.2, 0.25) is 0 Å². The second-order valence-electron chi connectivity index (χ2n) is 7.90. The lowest BCUT2D eigenvalue weighted by Gasteiger charge is -2.31. The molecule has 2 N–H and O–H groups in total. The van der Waals surface area contributed by atoms with E-state index in [-0.39, 0.29) is 23.6 Å². The first-order chi connectivity index (χ1) is 16.0. The molecule has 9 heteroatoms. The first kappa shape index (κ1) is 22.6. The topological polar surface area (TPSA) is 104 Å². The summed E-state index contributed by atoms with van der Waals surface area (Å²) in [4.78, 5) is 49.0. The standard InChI is InChI=1S/C24H25N5O3S/c1-16(30)27-18-8-10-19(11-9-18)29(24(32)20-15-25-12-13-26-20)22(21-7-4-14-33-21)23(31)28-17-5-2-3-6-17/h4,7-15,17,22H,2-3,5-6H2,1H3,(H,27,30)(H,28,31)/t22-/m0/s1. The molecule has 0 aliphatic heterocycles. The smallest absolute Gasteiger partial charge is 0.279 e. The molecule has 3 aromatic rings. The molecule has 1 atom stereocenters. The van der Waals surface area contributed by atoms with Gasteiger partial charge >= 0.3 is 0 Å². The Hall–Kier alpha value is -3.59. The first-order valence-electron chi connectivity index (χ1n) is 10.8. The lowest BCUT2D eigenvalue weighted by atomic mass is 10.1. The van der Waals surface area contributed by atoms with Gasteiger partial charge in [-0.1, -0.05) is 18.9 Å². The SMILES string of the molecule is CC(=O)Nc1ccc(N(C(=O)c2cnccn2)[C@H](C(=O)NC2CCCC2)c2cccs2)cc1. The summed E-state index contributed by atoms with van der Waals surface area (Å²) in [5.41, 5.74) is 1.25. The Bertz CT molecular complexity index is 1100. The summed E-state index contributed by atoms with van der Waals surface area (Å²) in [5, 5.41) is 7.74. The second kappa shape index (κ2) is 10.4. The average Bonchev–Trinajstić information content (AvgIpc) is 3.52. The summed E-state index contributed by atoms with van der Waals surface area (Å²) in [7, 11) is 0. The van der Waals surface area contributed by atoms with Gasteiger partial charge in [-0.15, -0.1) is 11.3 Å². The summed E-state index contributed by atoms with van der Waals surface area (Å²) < 4.78 is 0. The number of anilines is 2. The number of amides is 3. The third kappa shape index (κ3) is 5.43. The fraction of sp³-hybridized carbons (Fsp3) is 0.292. The number of nitrogens with one attached hydrogen (secondary N) is 2. The number of rotatable bonds is 7. The van der Waals surface area contributed by atoms with Gasteiger partial charge in [-0.05, 0) is 48.6 Å². The van der Waals surface area contributed by atoms with E-state index in [4.69, 9.17) is 0 Å². The largest absolute Gasteiger partial charge is 0.351 e. The van der Waals surface area contributed by atoms with Crippen molar-refractivity contribution in [1.82, 2.24) is 15.3 Å². The van der Waals surface area contributed by atoms with E-state index in [9.17, 15) is 14.4 Å². The van der Waals surface area contributed by atoms with Gasteiger partial charge in [-0.3, -0.25) is 24.3 Å². The summed E-state index contributed by atoms with van der Waals surface area (Å²) in [5.74, 6) is -0.856. The molecule has 1 aliphatic rings. The zero-order valence-electron chi connectivity index (χ0n) is 18.2. The first-order valence-corrected chi connectivity index (χ1v) is 11.7. The highest BCUT2D eigenvalue weighted by Gasteiger charge is 2.36. The third-order valence-corrected chi connectivity index (χ3v) is 6.41. The predicted octanol–water partition coefficient (Wildman–Crippen LogP) is 3.94. The van der Waals surface area contributed by atoms with Crippen molar-refractivity contribution in [2.75, 3.05) is 10.2 Å². The third-order valence-electron chi connectivity index (χ3n) is 5.49. The lowest BCUT2D eigenvalue weighted by molar-refractivity contribution is -0.123. The van der Waals surface area contributed by atoms with Crippen LogP contribution in [0.3, 0.4) is 0 Å². The molecular formula is C24H25N5O3S. The van der Waals surface area contributed by atoms with Crippen LogP contribution in [-0.4, -0.2) is 33.7 Å². The highest BCUT2D eigenvalue weighted by molar-refractivity contribution is 7.10. The van der Waals surface area contributed by atoms with Crippen molar-refractivity contribution in [3.63, 3.8) is 0 Å². The molecule has 4 rings (SSSR count). The number of thiophene rings is 1. The molecule has 1 saturated carbocycles. The number of nitrogens with zero attached hydrogens (tertiary/aromatic N) is 3. The lowest BCUT2D eigenvalue weighted by Crippen LogP contribution is -2.46. The predicted molar refractivity (Wildman–Crippen MR) is 127 cm³/mol. The van der Waals surface area contributed by atoms with E-state index in [0.717, 1.165) is 30.6 Å². The van der Waals surface area contributed by atoms with Gasteiger partial charge in [-0.25, -0.2) is 4.98 Å². The van der Waals surface area contributed by atoms with Crippen LogP contribution in [0.1, 0.15) is 54.0 Å². The van der Waals surface area contributed by atoms with E-state index < -0.39 is 11.9 Å². The Morgan fingerprint density at radius 1 is 1.09 bits per heavy atom. The molecule has 2 heterocycles. The van der Waals surface area contributed by atoms with Gasteiger partial charge in [0.05, 0.1) is 6.20 Å². The summed E-state index contributed by atoms with van der Waals surface area (Å²) in [6, 6.07) is 9.78. The van der Waals surface area contributed by atoms with Crippen LogP contribution in [0.5, 0.6) is 0 Å². The fourth-order valence-corrected chi connectivity index (χ4v) is 4.81. The molecule has 3 amide bonds. The minimum absolute atomic E-state index is 0.107. The molecular weight excluding hydrogens is 438 g/mol. The minimum Gasteiger partial charge on any atom is -0.351 e. The van der Waals surface area contributed by atoms with E-state index in [1.807, 2.05) is 17.5 Å². The molecule has 33 heavy (non-hydrogen) atoms. The number of hydrogen-bond acceptors (Lipinski definition) is 6. The van der Waals surface area contributed by atoms with Crippen LogP contribution in [0.15, 0.2) is 60.4 Å². The highest BCUT2D eigenvalue weighted by atomic mass is 32.1. The maximum absolute atomic E-state index is 13.7. The van der Waals surface area contributed by atoms with Crippen molar-refractivity contribution in [3.05, 3.63) is 70.9 Å². The summed E-state index contributed by atoms with van der Waals surface area (Å²) >= 11 is 1.42. The molecule has 0 spiro atoms. The monoisotopic (exact) mass is 463 g/mol.